The predicted molar refractivity (Wildman–Crippen MR) is 91.3 cm³/mol. The second-order valence-corrected chi connectivity index (χ2v) is 5.82. The maximum Gasteiger partial charge on any atom is 0.416 e. The van der Waals surface area contributed by atoms with Gasteiger partial charge < -0.3 is 9.47 Å². The quantitative estimate of drug-likeness (QED) is 0.469. The highest BCUT2D eigenvalue weighted by Gasteiger charge is 2.30. The molecule has 0 N–H and O–H groups in total. The predicted octanol–water partition coefficient (Wildman–Crippen LogP) is 5.31. The minimum atomic E-state index is -4.42. The number of rotatable bonds is 8. The number of unbranched alkanes of at least 4 members (excludes halogenated alkanes) is 1. The smallest absolute Gasteiger partial charge is 0.416 e. The van der Waals surface area contributed by atoms with E-state index in [0.29, 0.717) is 11.1 Å². The topological polar surface area (TPSA) is 35.5 Å². The van der Waals surface area contributed by atoms with Gasteiger partial charge in [-0.05, 0) is 29.7 Å². The molecule has 2 aromatic carbocycles. The first kappa shape index (κ1) is 20.0. The monoisotopic (exact) mass is 366 g/mol. The Morgan fingerprint density at radius 1 is 1.08 bits per heavy atom. The summed E-state index contributed by atoms with van der Waals surface area (Å²) in [6.45, 7) is 2.13. The maximum absolute atomic E-state index is 12.8. The largest absolute Gasteiger partial charge is 0.464 e. The molecule has 2 rings (SSSR count). The van der Waals surface area contributed by atoms with Crippen molar-refractivity contribution in [2.75, 3.05) is 6.61 Å². The van der Waals surface area contributed by atoms with Crippen LogP contribution in [0.5, 0.6) is 0 Å². The molecule has 2 aromatic rings. The van der Waals surface area contributed by atoms with Gasteiger partial charge >= 0.3 is 12.1 Å². The molecule has 0 radical (unpaired) electrons. The Kier molecular flexibility index (Phi) is 7.21. The zero-order valence-corrected chi connectivity index (χ0v) is 14.5. The van der Waals surface area contributed by atoms with Gasteiger partial charge in [-0.2, -0.15) is 13.2 Å². The van der Waals surface area contributed by atoms with E-state index in [9.17, 15) is 18.0 Å². The molecule has 0 saturated heterocycles. The molecule has 0 aliphatic heterocycles. The highest BCUT2D eigenvalue weighted by Crippen LogP contribution is 2.30. The van der Waals surface area contributed by atoms with Crippen LogP contribution in [0.4, 0.5) is 13.2 Å². The molecule has 0 spiro atoms. The van der Waals surface area contributed by atoms with Crippen LogP contribution in [0.2, 0.25) is 0 Å². The first-order chi connectivity index (χ1) is 12.4. The van der Waals surface area contributed by atoms with Gasteiger partial charge in [0.2, 0.25) is 0 Å². The van der Waals surface area contributed by atoms with E-state index < -0.39 is 23.8 Å². The van der Waals surface area contributed by atoms with E-state index >= 15 is 0 Å². The van der Waals surface area contributed by atoms with E-state index in [0.717, 1.165) is 25.0 Å². The molecule has 26 heavy (non-hydrogen) atoms. The van der Waals surface area contributed by atoms with Gasteiger partial charge in [0.15, 0.2) is 6.10 Å². The Hall–Kier alpha value is -2.34. The first-order valence-electron chi connectivity index (χ1n) is 8.41. The van der Waals surface area contributed by atoms with Gasteiger partial charge in [0.05, 0.1) is 18.8 Å². The molecular weight excluding hydrogens is 345 g/mol. The highest BCUT2D eigenvalue weighted by molar-refractivity contribution is 5.76. The van der Waals surface area contributed by atoms with Crippen molar-refractivity contribution < 1.29 is 27.4 Å². The third-order valence-electron chi connectivity index (χ3n) is 3.73. The van der Waals surface area contributed by atoms with Gasteiger partial charge in [-0.25, -0.2) is 4.79 Å². The van der Waals surface area contributed by atoms with Gasteiger partial charge in [-0.1, -0.05) is 55.8 Å². The molecule has 0 heterocycles. The lowest BCUT2D eigenvalue weighted by Crippen LogP contribution is -2.19. The minimum absolute atomic E-state index is 0.133. The van der Waals surface area contributed by atoms with Crippen molar-refractivity contribution in [1.29, 1.82) is 0 Å². The lowest BCUT2D eigenvalue weighted by molar-refractivity contribution is -0.159. The van der Waals surface area contributed by atoms with E-state index in [1.165, 1.54) is 12.1 Å². The van der Waals surface area contributed by atoms with E-state index in [1.807, 2.05) is 6.92 Å². The first-order valence-corrected chi connectivity index (χ1v) is 8.41. The fourth-order valence-corrected chi connectivity index (χ4v) is 2.34. The molecule has 3 nitrogen and oxygen atoms in total. The molecule has 0 aliphatic rings. The van der Waals surface area contributed by atoms with Crippen molar-refractivity contribution in [3.63, 3.8) is 0 Å². The maximum atomic E-state index is 12.8. The number of hydrogen-bond acceptors (Lipinski definition) is 3. The van der Waals surface area contributed by atoms with Crippen LogP contribution < -0.4 is 0 Å². The molecule has 0 saturated carbocycles. The Morgan fingerprint density at radius 2 is 1.81 bits per heavy atom. The number of carbonyl (C=O) groups excluding carboxylic acids is 1. The third kappa shape index (κ3) is 5.88. The summed E-state index contributed by atoms with van der Waals surface area (Å²) in [5, 5.41) is 0. The molecule has 0 fully saturated rings. The summed E-state index contributed by atoms with van der Waals surface area (Å²) in [5.41, 5.74) is 0.184. The summed E-state index contributed by atoms with van der Waals surface area (Å²) in [6, 6.07) is 13.6. The fourth-order valence-electron chi connectivity index (χ4n) is 2.34. The number of alkyl halides is 3. The lowest BCUT2D eigenvalue weighted by atomic mass is 10.1. The summed E-state index contributed by atoms with van der Waals surface area (Å²) in [4.78, 5) is 12.3. The zero-order valence-electron chi connectivity index (χ0n) is 14.5. The third-order valence-corrected chi connectivity index (χ3v) is 3.73. The van der Waals surface area contributed by atoms with E-state index in [-0.39, 0.29) is 13.2 Å². The summed E-state index contributed by atoms with van der Waals surface area (Å²) in [7, 11) is 0. The van der Waals surface area contributed by atoms with Crippen LogP contribution in [0.1, 0.15) is 42.6 Å². The average molecular weight is 366 g/mol. The van der Waals surface area contributed by atoms with Crippen LogP contribution >= 0.6 is 0 Å². The standard InChI is InChI=1S/C20H21F3O3/c1-2-3-12-25-19(24)18(16-9-5-4-6-10-16)26-14-15-8-7-11-17(13-15)20(21,22)23/h4-11,13,18H,2-3,12,14H2,1H3. The van der Waals surface area contributed by atoms with Gasteiger partial charge in [0, 0.05) is 0 Å². The molecule has 0 aromatic heterocycles. The molecule has 1 atom stereocenters. The van der Waals surface area contributed by atoms with Crippen molar-refractivity contribution in [3.8, 4) is 0 Å². The average Bonchev–Trinajstić information content (AvgIpc) is 2.62. The van der Waals surface area contributed by atoms with Crippen LogP contribution in [-0.4, -0.2) is 12.6 Å². The van der Waals surface area contributed by atoms with Crippen molar-refractivity contribution in [2.45, 2.75) is 38.7 Å². The van der Waals surface area contributed by atoms with E-state index in [4.69, 9.17) is 9.47 Å². The second-order valence-electron chi connectivity index (χ2n) is 5.82. The van der Waals surface area contributed by atoms with E-state index in [1.54, 1.807) is 30.3 Å². The van der Waals surface area contributed by atoms with Gasteiger partial charge in [-0.3, -0.25) is 0 Å². The minimum Gasteiger partial charge on any atom is -0.464 e. The number of ether oxygens (including phenoxy) is 2. The molecule has 140 valence electrons. The highest BCUT2D eigenvalue weighted by atomic mass is 19.4. The van der Waals surface area contributed by atoms with Crippen molar-refractivity contribution in [2.24, 2.45) is 0 Å². The number of carbonyl (C=O) groups is 1. The fraction of sp³-hybridized carbons (Fsp3) is 0.350. The van der Waals surface area contributed by atoms with Gasteiger partial charge in [0.25, 0.3) is 0 Å². The van der Waals surface area contributed by atoms with E-state index in [2.05, 4.69) is 0 Å². The molecule has 0 bridgehead atoms. The molecule has 0 aliphatic carbocycles. The summed E-state index contributed by atoms with van der Waals surface area (Å²) < 4.78 is 49.3. The number of benzene rings is 2. The van der Waals surface area contributed by atoms with Crippen LogP contribution in [0.3, 0.4) is 0 Å². The second kappa shape index (κ2) is 9.38. The summed E-state index contributed by atoms with van der Waals surface area (Å²) in [6.07, 6.45) is -3.79. The molecular formula is C20H21F3O3. The van der Waals surface area contributed by atoms with Crippen LogP contribution in [0.15, 0.2) is 54.6 Å². The Bertz CT molecular complexity index is 699. The van der Waals surface area contributed by atoms with Crippen molar-refractivity contribution in [1.82, 2.24) is 0 Å². The van der Waals surface area contributed by atoms with Crippen molar-refractivity contribution in [3.05, 3.63) is 71.3 Å². The van der Waals surface area contributed by atoms with Crippen LogP contribution in [0, 0.1) is 0 Å². The Labute approximate surface area is 150 Å². The molecule has 0 amide bonds. The van der Waals surface area contributed by atoms with Gasteiger partial charge in [0.1, 0.15) is 0 Å². The summed E-state index contributed by atoms with van der Waals surface area (Å²) >= 11 is 0. The van der Waals surface area contributed by atoms with Crippen molar-refractivity contribution >= 4 is 5.97 Å². The SMILES string of the molecule is CCCCOC(=O)C(OCc1cccc(C(F)(F)F)c1)c1ccccc1. The lowest BCUT2D eigenvalue weighted by Gasteiger charge is -2.18. The zero-order chi connectivity index (χ0) is 19.0. The number of halogens is 3. The van der Waals surface area contributed by atoms with Crippen LogP contribution in [-0.2, 0) is 27.1 Å². The normalized spacial score (nSPS) is 12.6. The molecule has 6 heteroatoms. The Morgan fingerprint density at radius 3 is 2.46 bits per heavy atom. The number of hydrogen-bond donors (Lipinski definition) is 0. The number of esters is 1. The molecule has 1 unspecified atom stereocenters. The van der Waals surface area contributed by atoms with Crippen LogP contribution in [0.25, 0.3) is 0 Å². The Balaban J connectivity index is 2.11. The van der Waals surface area contributed by atoms with Gasteiger partial charge in [-0.15, -0.1) is 0 Å². The summed E-state index contributed by atoms with van der Waals surface area (Å²) in [5.74, 6) is -0.545.